The summed E-state index contributed by atoms with van der Waals surface area (Å²) in [6.45, 7) is 1.02. The van der Waals surface area contributed by atoms with Gasteiger partial charge in [-0.15, -0.1) is 0 Å². The van der Waals surface area contributed by atoms with Crippen molar-refractivity contribution in [2.75, 3.05) is 13.2 Å². The van der Waals surface area contributed by atoms with Crippen molar-refractivity contribution in [1.29, 1.82) is 0 Å². The lowest BCUT2D eigenvalue weighted by Gasteiger charge is -2.41. The van der Waals surface area contributed by atoms with E-state index < -0.39 is 56.1 Å². The summed E-state index contributed by atoms with van der Waals surface area (Å²) in [6, 6.07) is 0. The van der Waals surface area contributed by atoms with E-state index in [1.54, 1.807) is 0 Å². The molecular formula is C15H30O8. The normalized spacial score (nSPS) is 34.3. The van der Waals surface area contributed by atoms with Gasteiger partial charge in [-0.05, 0) is 6.42 Å². The van der Waals surface area contributed by atoms with Crippen LogP contribution in [0.3, 0.4) is 0 Å². The van der Waals surface area contributed by atoms with E-state index in [9.17, 15) is 20.4 Å². The van der Waals surface area contributed by atoms with Gasteiger partial charge in [-0.25, -0.2) is 0 Å². The molecule has 138 valence electrons. The Balaban J connectivity index is 2.65. The van der Waals surface area contributed by atoms with E-state index in [0.29, 0.717) is 6.42 Å². The first-order valence-corrected chi connectivity index (χ1v) is 8.21. The molecule has 1 rings (SSSR count). The molecule has 1 heterocycles. The average Bonchev–Trinajstić information content (AvgIpc) is 2.56. The zero-order valence-corrected chi connectivity index (χ0v) is 13.5. The van der Waals surface area contributed by atoms with Gasteiger partial charge in [0.2, 0.25) is 0 Å². The Labute approximate surface area is 136 Å². The molecular weight excluding hydrogens is 308 g/mol. The Morgan fingerprint density at radius 3 is 2.26 bits per heavy atom. The predicted molar refractivity (Wildman–Crippen MR) is 80.5 cm³/mol. The van der Waals surface area contributed by atoms with Gasteiger partial charge in [0, 0.05) is 0 Å². The third kappa shape index (κ3) is 5.91. The van der Waals surface area contributed by atoms with Crippen LogP contribution < -0.4 is 0 Å². The minimum absolute atomic E-state index is 0.455. The van der Waals surface area contributed by atoms with Crippen molar-refractivity contribution in [2.45, 2.75) is 81.9 Å². The molecule has 23 heavy (non-hydrogen) atoms. The second-order valence-corrected chi connectivity index (χ2v) is 5.97. The van der Waals surface area contributed by atoms with E-state index in [-0.39, 0.29) is 0 Å². The Bertz CT molecular complexity index is 314. The van der Waals surface area contributed by atoms with Crippen LogP contribution in [0.5, 0.6) is 0 Å². The van der Waals surface area contributed by atoms with Crippen LogP contribution in [0, 0.1) is 0 Å². The molecule has 0 aromatic rings. The van der Waals surface area contributed by atoms with Crippen LogP contribution in [0.25, 0.3) is 0 Å². The molecule has 0 saturated carbocycles. The van der Waals surface area contributed by atoms with Crippen LogP contribution in [-0.4, -0.2) is 86.8 Å². The van der Waals surface area contributed by atoms with Crippen molar-refractivity contribution in [2.24, 2.45) is 0 Å². The molecule has 0 radical (unpaired) electrons. The monoisotopic (exact) mass is 338 g/mol. The summed E-state index contributed by atoms with van der Waals surface area (Å²) in [6.07, 6.45) is -4.53. The van der Waals surface area contributed by atoms with Crippen molar-refractivity contribution < 1.29 is 40.1 Å². The number of hydrogen-bond donors (Lipinski definition) is 6. The molecule has 1 saturated heterocycles. The zero-order valence-electron chi connectivity index (χ0n) is 13.5. The number of ether oxygens (including phenoxy) is 2. The van der Waals surface area contributed by atoms with Crippen molar-refractivity contribution in [3.8, 4) is 0 Å². The highest BCUT2D eigenvalue weighted by Crippen LogP contribution is 2.25. The Morgan fingerprint density at radius 1 is 1.00 bits per heavy atom. The molecule has 6 N–H and O–H groups in total. The maximum Gasteiger partial charge on any atom is 0.187 e. The summed E-state index contributed by atoms with van der Waals surface area (Å²) in [4.78, 5) is 0. The first kappa shape index (κ1) is 20.7. The van der Waals surface area contributed by atoms with E-state index in [1.165, 1.54) is 0 Å². The highest BCUT2D eigenvalue weighted by Gasteiger charge is 2.45. The van der Waals surface area contributed by atoms with Crippen LogP contribution in [0.15, 0.2) is 0 Å². The summed E-state index contributed by atoms with van der Waals surface area (Å²) in [5, 5.41) is 57.6. The lowest BCUT2D eigenvalue weighted by atomic mass is 9.99. The number of unbranched alkanes of at least 4 members (excludes halogenated alkanes) is 3. The second kappa shape index (κ2) is 10.5. The quantitative estimate of drug-likeness (QED) is 0.264. The second-order valence-electron chi connectivity index (χ2n) is 5.97. The SMILES string of the molecule is CCCCCCC(OC1O[C@H](CO)[C@@H](O)[C@H](O)[C@H]1O)C(O)CO. The van der Waals surface area contributed by atoms with Crippen molar-refractivity contribution >= 4 is 0 Å². The molecule has 0 aliphatic carbocycles. The summed E-state index contributed by atoms with van der Waals surface area (Å²) in [7, 11) is 0. The molecule has 0 bridgehead atoms. The van der Waals surface area contributed by atoms with E-state index in [2.05, 4.69) is 6.92 Å². The van der Waals surface area contributed by atoms with Gasteiger partial charge in [-0.2, -0.15) is 0 Å². The molecule has 0 spiro atoms. The Morgan fingerprint density at radius 2 is 1.70 bits per heavy atom. The molecule has 0 amide bonds. The minimum atomic E-state index is -1.53. The number of hydrogen-bond acceptors (Lipinski definition) is 8. The fourth-order valence-corrected chi connectivity index (χ4v) is 2.59. The Hall–Kier alpha value is -0.320. The molecule has 7 atom stereocenters. The molecule has 0 aromatic heterocycles. The number of rotatable bonds is 10. The van der Waals surface area contributed by atoms with Gasteiger partial charge in [-0.1, -0.05) is 32.6 Å². The van der Waals surface area contributed by atoms with Crippen molar-refractivity contribution in [3.05, 3.63) is 0 Å². The molecule has 1 fully saturated rings. The fraction of sp³-hybridized carbons (Fsp3) is 1.00. The lowest BCUT2D eigenvalue weighted by molar-refractivity contribution is -0.318. The topological polar surface area (TPSA) is 140 Å². The predicted octanol–water partition coefficient (Wildman–Crippen LogP) is -1.50. The van der Waals surface area contributed by atoms with Gasteiger partial charge in [0.1, 0.15) is 30.5 Å². The standard InChI is InChI=1S/C15H30O8/c1-2-3-4-5-6-10(9(18)7-16)22-15-14(21)13(20)12(19)11(8-17)23-15/h9-21H,2-8H2,1H3/t9?,10?,11-,12-,13+,14-,15?/m1/s1. The van der Waals surface area contributed by atoms with Crippen LogP contribution in [-0.2, 0) is 9.47 Å². The first-order chi connectivity index (χ1) is 11.0. The smallest absolute Gasteiger partial charge is 0.187 e. The van der Waals surface area contributed by atoms with E-state index >= 15 is 0 Å². The van der Waals surface area contributed by atoms with E-state index in [4.69, 9.17) is 19.7 Å². The molecule has 1 aliphatic heterocycles. The molecule has 1 aliphatic rings. The molecule has 8 nitrogen and oxygen atoms in total. The maximum absolute atomic E-state index is 9.95. The largest absolute Gasteiger partial charge is 0.394 e. The highest BCUT2D eigenvalue weighted by atomic mass is 16.7. The summed E-state index contributed by atoms with van der Waals surface area (Å²) < 4.78 is 10.8. The van der Waals surface area contributed by atoms with Crippen LogP contribution in [0.2, 0.25) is 0 Å². The third-order valence-corrected chi connectivity index (χ3v) is 4.12. The molecule has 8 heteroatoms. The zero-order chi connectivity index (χ0) is 17.4. The minimum Gasteiger partial charge on any atom is -0.394 e. The summed E-state index contributed by atoms with van der Waals surface area (Å²) in [5.74, 6) is 0. The van der Waals surface area contributed by atoms with Gasteiger partial charge in [0.05, 0.1) is 19.3 Å². The average molecular weight is 338 g/mol. The summed E-state index contributed by atoms with van der Waals surface area (Å²) >= 11 is 0. The van der Waals surface area contributed by atoms with Crippen LogP contribution in [0.4, 0.5) is 0 Å². The van der Waals surface area contributed by atoms with Crippen LogP contribution in [0.1, 0.15) is 39.0 Å². The van der Waals surface area contributed by atoms with Gasteiger partial charge >= 0.3 is 0 Å². The van der Waals surface area contributed by atoms with Crippen molar-refractivity contribution in [3.63, 3.8) is 0 Å². The van der Waals surface area contributed by atoms with Gasteiger partial charge in [-0.3, -0.25) is 0 Å². The van der Waals surface area contributed by atoms with Gasteiger partial charge < -0.3 is 40.1 Å². The van der Waals surface area contributed by atoms with Crippen molar-refractivity contribution in [1.82, 2.24) is 0 Å². The Kier molecular flexibility index (Phi) is 9.48. The number of aliphatic hydroxyl groups is 6. The molecule has 3 unspecified atom stereocenters. The lowest BCUT2D eigenvalue weighted by Crippen LogP contribution is -2.60. The van der Waals surface area contributed by atoms with Crippen LogP contribution >= 0.6 is 0 Å². The van der Waals surface area contributed by atoms with Gasteiger partial charge in [0.25, 0.3) is 0 Å². The van der Waals surface area contributed by atoms with E-state index in [1.807, 2.05) is 0 Å². The van der Waals surface area contributed by atoms with Gasteiger partial charge in [0.15, 0.2) is 6.29 Å². The third-order valence-electron chi connectivity index (χ3n) is 4.12. The highest BCUT2D eigenvalue weighted by molar-refractivity contribution is 4.89. The first-order valence-electron chi connectivity index (χ1n) is 8.21. The fourth-order valence-electron chi connectivity index (χ4n) is 2.59. The summed E-state index contributed by atoms with van der Waals surface area (Å²) in [5.41, 5.74) is 0. The molecule has 0 aromatic carbocycles. The van der Waals surface area contributed by atoms with E-state index in [0.717, 1.165) is 25.7 Å². The maximum atomic E-state index is 9.95. The number of aliphatic hydroxyl groups excluding tert-OH is 6.